The molecular weight excluding hydrogens is 212 g/mol. The predicted molar refractivity (Wildman–Crippen MR) is 69.1 cm³/mol. The van der Waals surface area contributed by atoms with Crippen LogP contribution in [0.2, 0.25) is 0 Å². The van der Waals surface area contributed by atoms with Crippen molar-refractivity contribution in [2.45, 2.75) is 32.2 Å². The van der Waals surface area contributed by atoms with E-state index in [0.717, 1.165) is 31.6 Å². The molecule has 1 saturated heterocycles. The van der Waals surface area contributed by atoms with E-state index in [1.54, 1.807) is 0 Å². The van der Waals surface area contributed by atoms with Crippen LogP contribution >= 0.6 is 0 Å². The molecule has 0 spiro atoms. The lowest BCUT2D eigenvalue weighted by molar-refractivity contribution is -0.118. The number of nitrogens with zero attached hydrogens (tertiary/aromatic N) is 2. The van der Waals surface area contributed by atoms with Crippen LogP contribution in [0, 0.1) is 0 Å². The quantitative estimate of drug-likeness (QED) is 0.785. The summed E-state index contributed by atoms with van der Waals surface area (Å²) in [6.45, 7) is 3.68. The standard InChI is InChI=1S/C14H19N2O/c1-2-14(17)16(12-6-4-3-5-7-12)13-8-10-15-11-9-13/h3-7,13H,2,8-11H2,1H3. The zero-order valence-electron chi connectivity index (χ0n) is 10.3. The van der Waals surface area contributed by atoms with E-state index in [4.69, 9.17) is 0 Å². The van der Waals surface area contributed by atoms with E-state index in [0.29, 0.717) is 12.5 Å². The Kier molecular flexibility index (Phi) is 4.15. The summed E-state index contributed by atoms with van der Waals surface area (Å²) in [6.07, 6.45) is 2.53. The fraction of sp³-hybridized carbons (Fsp3) is 0.500. The average molecular weight is 231 g/mol. The van der Waals surface area contributed by atoms with Gasteiger partial charge in [-0.15, -0.1) is 0 Å². The van der Waals surface area contributed by atoms with Crippen molar-refractivity contribution >= 4 is 11.6 Å². The molecule has 1 fully saturated rings. The number of hydrogen-bond donors (Lipinski definition) is 0. The van der Waals surface area contributed by atoms with Crippen molar-refractivity contribution in [2.24, 2.45) is 0 Å². The minimum Gasteiger partial charge on any atom is -0.309 e. The largest absolute Gasteiger partial charge is 0.309 e. The maximum Gasteiger partial charge on any atom is 0.226 e. The number of rotatable bonds is 3. The van der Waals surface area contributed by atoms with Gasteiger partial charge in [-0.25, -0.2) is 5.32 Å². The van der Waals surface area contributed by atoms with Crippen LogP contribution < -0.4 is 10.2 Å². The second-order valence-electron chi connectivity index (χ2n) is 4.35. The van der Waals surface area contributed by atoms with E-state index in [-0.39, 0.29) is 5.91 Å². The van der Waals surface area contributed by atoms with Crippen molar-refractivity contribution in [3.63, 3.8) is 0 Å². The van der Waals surface area contributed by atoms with Gasteiger partial charge in [0.05, 0.1) is 0 Å². The number of carbonyl (C=O) groups excluding carboxylic acids is 1. The van der Waals surface area contributed by atoms with Gasteiger partial charge >= 0.3 is 0 Å². The van der Waals surface area contributed by atoms with Gasteiger partial charge in [-0.05, 0) is 25.0 Å². The SMILES string of the molecule is CCC(=O)N(c1ccccc1)C1CC[N]CC1. The molecule has 0 atom stereocenters. The van der Waals surface area contributed by atoms with E-state index in [1.807, 2.05) is 42.2 Å². The Hall–Kier alpha value is -1.35. The molecule has 1 aliphatic rings. The third-order valence-corrected chi connectivity index (χ3v) is 3.21. The zero-order chi connectivity index (χ0) is 12.1. The number of benzene rings is 1. The number of hydrogen-bond acceptors (Lipinski definition) is 1. The van der Waals surface area contributed by atoms with E-state index in [9.17, 15) is 4.79 Å². The van der Waals surface area contributed by atoms with Gasteiger partial charge in [0.25, 0.3) is 0 Å². The third kappa shape index (κ3) is 2.86. The van der Waals surface area contributed by atoms with Crippen LogP contribution in [0.4, 0.5) is 5.69 Å². The Bertz CT molecular complexity index is 358. The molecule has 17 heavy (non-hydrogen) atoms. The highest BCUT2D eigenvalue weighted by molar-refractivity contribution is 5.93. The second-order valence-corrected chi connectivity index (χ2v) is 4.35. The lowest BCUT2D eigenvalue weighted by Gasteiger charge is -2.34. The van der Waals surface area contributed by atoms with Crippen LogP contribution in [-0.2, 0) is 4.79 Å². The average Bonchev–Trinajstić information content (AvgIpc) is 2.41. The molecule has 91 valence electrons. The molecule has 0 unspecified atom stereocenters. The highest BCUT2D eigenvalue weighted by atomic mass is 16.2. The Morgan fingerprint density at radius 3 is 2.53 bits per heavy atom. The fourth-order valence-corrected chi connectivity index (χ4v) is 2.31. The fourth-order valence-electron chi connectivity index (χ4n) is 2.31. The summed E-state index contributed by atoms with van der Waals surface area (Å²) >= 11 is 0. The molecule has 0 bridgehead atoms. The summed E-state index contributed by atoms with van der Waals surface area (Å²) in [5.74, 6) is 0.211. The molecule has 1 aliphatic heterocycles. The van der Waals surface area contributed by atoms with Crippen molar-refractivity contribution in [1.82, 2.24) is 5.32 Å². The van der Waals surface area contributed by atoms with Crippen molar-refractivity contribution < 1.29 is 4.79 Å². The first-order valence-electron chi connectivity index (χ1n) is 6.33. The number of carbonyl (C=O) groups is 1. The lowest BCUT2D eigenvalue weighted by atomic mass is 10.0. The normalized spacial score (nSPS) is 16.8. The van der Waals surface area contributed by atoms with E-state index < -0.39 is 0 Å². The van der Waals surface area contributed by atoms with Gasteiger partial charge in [0.15, 0.2) is 0 Å². The van der Waals surface area contributed by atoms with Gasteiger partial charge in [-0.2, -0.15) is 0 Å². The zero-order valence-corrected chi connectivity index (χ0v) is 10.3. The van der Waals surface area contributed by atoms with Crippen LogP contribution in [0.1, 0.15) is 26.2 Å². The number of para-hydroxylation sites is 1. The van der Waals surface area contributed by atoms with Gasteiger partial charge in [-0.1, -0.05) is 25.1 Å². The smallest absolute Gasteiger partial charge is 0.226 e. The van der Waals surface area contributed by atoms with Crippen molar-refractivity contribution in [3.8, 4) is 0 Å². The Morgan fingerprint density at radius 2 is 1.94 bits per heavy atom. The highest BCUT2D eigenvalue weighted by Crippen LogP contribution is 2.22. The third-order valence-electron chi connectivity index (χ3n) is 3.21. The summed E-state index contributed by atoms with van der Waals surface area (Å²) in [5, 5.41) is 4.35. The summed E-state index contributed by atoms with van der Waals surface area (Å²) in [4.78, 5) is 14.1. The molecule has 3 nitrogen and oxygen atoms in total. The molecule has 0 aromatic heterocycles. The number of anilines is 1. The maximum absolute atomic E-state index is 12.1. The van der Waals surface area contributed by atoms with Gasteiger partial charge in [0.2, 0.25) is 5.91 Å². The lowest BCUT2D eigenvalue weighted by Crippen LogP contribution is -2.44. The molecule has 1 aromatic carbocycles. The Morgan fingerprint density at radius 1 is 1.29 bits per heavy atom. The van der Waals surface area contributed by atoms with Gasteiger partial charge in [0, 0.05) is 31.2 Å². The Balaban J connectivity index is 2.21. The van der Waals surface area contributed by atoms with Crippen LogP contribution in [0.3, 0.4) is 0 Å². The first-order chi connectivity index (χ1) is 8.33. The monoisotopic (exact) mass is 231 g/mol. The van der Waals surface area contributed by atoms with Crippen molar-refractivity contribution in [3.05, 3.63) is 30.3 Å². The molecule has 2 rings (SSSR count). The van der Waals surface area contributed by atoms with E-state index >= 15 is 0 Å². The topological polar surface area (TPSA) is 34.4 Å². The molecule has 1 aromatic rings. The molecule has 1 amide bonds. The summed E-state index contributed by atoms with van der Waals surface area (Å²) in [6, 6.07) is 10.3. The van der Waals surface area contributed by atoms with Crippen molar-refractivity contribution in [1.29, 1.82) is 0 Å². The summed E-state index contributed by atoms with van der Waals surface area (Å²) in [7, 11) is 0. The van der Waals surface area contributed by atoms with E-state index in [1.165, 1.54) is 0 Å². The molecule has 0 aliphatic carbocycles. The van der Waals surface area contributed by atoms with Crippen molar-refractivity contribution in [2.75, 3.05) is 18.0 Å². The molecule has 3 heteroatoms. The summed E-state index contributed by atoms with van der Waals surface area (Å²) in [5.41, 5.74) is 1.02. The highest BCUT2D eigenvalue weighted by Gasteiger charge is 2.25. The number of amides is 1. The maximum atomic E-state index is 12.1. The molecular formula is C14H19N2O. The number of piperidine rings is 1. The molecule has 0 N–H and O–H groups in total. The molecule has 1 radical (unpaired) electrons. The van der Waals surface area contributed by atoms with Crippen LogP contribution in [0.15, 0.2) is 30.3 Å². The summed E-state index contributed by atoms with van der Waals surface area (Å²) < 4.78 is 0. The van der Waals surface area contributed by atoms with Gasteiger partial charge in [0.1, 0.15) is 0 Å². The van der Waals surface area contributed by atoms with Crippen LogP contribution in [0.5, 0.6) is 0 Å². The minimum atomic E-state index is 0.211. The first-order valence-corrected chi connectivity index (χ1v) is 6.33. The second kappa shape index (κ2) is 5.82. The van der Waals surface area contributed by atoms with Crippen LogP contribution in [-0.4, -0.2) is 25.0 Å². The van der Waals surface area contributed by atoms with Crippen LogP contribution in [0.25, 0.3) is 0 Å². The molecule has 1 heterocycles. The van der Waals surface area contributed by atoms with Gasteiger partial charge < -0.3 is 4.90 Å². The predicted octanol–water partition coefficient (Wildman–Crippen LogP) is 2.20. The molecule has 0 saturated carbocycles. The van der Waals surface area contributed by atoms with Gasteiger partial charge in [-0.3, -0.25) is 4.79 Å². The Labute approximate surface area is 103 Å². The minimum absolute atomic E-state index is 0.211. The first kappa shape index (κ1) is 12.1. The van der Waals surface area contributed by atoms with E-state index in [2.05, 4.69) is 5.32 Å².